The van der Waals surface area contributed by atoms with Crippen molar-refractivity contribution in [3.05, 3.63) is 101 Å². The van der Waals surface area contributed by atoms with Crippen molar-refractivity contribution in [3.63, 3.8) is 0 Å². The molecule has 3 rings (SSSR count). The first-order valence-corrected chi connectivity index (χ1v) is 15.2. The molecule has 1 heterocycles. The lowest BCUT2D eigenvalue weighted by atomic mass is 10.0. The molecular formula is C36H49N3O4. The molecule has 2 N–H and O–H groups in total. The minimum atomic E-state index is -0.967. The van der Waals surface area contributed by atoms with Gasteiger partial charge in [0, 0.05) is 19.5 Å². The van der Waals surface area contributed by atoms with Gasteiger partial charge in [-0.05, 0) is 60.7 Å². The third-order valence-electron chi connectivity index (χ3n) is 6.47. The normalized spacial score (nSPS) is 15.6. The number of ether oxygens (including phenoxy) is 1. The zero-order chi connectivity index (χ0) is 32.0. The highest BCUT2D eigenvalue weighted by Gasteiger charge is 2.18. The highest BCUT2D eigenvalue weighted by Crippen LogP contribution is 2.22. The molecule has 0 radical (unpaired) electrons. The number of carbonyl (C=O) groups is 2. The van der Waals surface area contributed by atoms with Crippen LogP contribution in [0.1, 0.15) is 70.7 Å². The van der Waals surface area contributed by atoms with E-state index in [1.165, 1.54) is 6.21 Å². The molecule has 7 heteroatoms. The van der Waals surface area contributed by atoms with Crippen LogP contribution < -0.4 is 20.5 Å². The molecular weight excluding hydrogens is 538 g/mol. The summed E-state index contributed by atoms with van der Waals surface area (Å²) < 4.78 is 5.88. The molecule has 0 aromatic heterocycles. The van der Waals surface area contributed by atoms with Crippen molar-refractivity contribution in [1.29, 1.82) is 0 Å². The maximum atomic E-state index is 12.3. The predicted molar refractivity (Wildman–Crippen MR) is 179 cm³/mol. The van der Waals surface area contributed by atoms with Crippen LogP contribution >= 0.6 is 0 Å². The molecule has 1 atom stereocenters. The molecule has 1 aliphatic rings. The van der Waals surface area contributed by atoms with Gasteiger partial charge < -0.3 is 20.1 Å². The largest absolute Gasteiger partial charge is 0.493 e. The number of hydrogen-bond acceptors (Lipinski definition) is 5. The van der Waals surface area contributed by atoms with Crippen LogP contribution in [0.15, 0.2) is 90.4 Å². The highest BCUT2D eigenvalue weighted by molar-refractivity contribution is 5.88. The lowest BCUT2D eigenvalue weighted by Crippen LogP contribution is -2.24. The van der Waals surface area contributed by atoms with E-state index in [1.807, 2.05) is 83.2 Å². The first kappa shape index (κ1) is 36.6. The number of carboxylic acids is 1. The van der Waals surface area contributed by atoms with Crippen molar-refractivity contribution in [3.8, 4) is 5.75 Å². The fraction of sp³-hybridized carbons (Fsp3) is 0.361. The molecule has 0 saturated carbocycles. The Morgan fingerprint density at radius 2 is 1.77 bits per heavy atom. The van der Waals surface area contributed by atoms with E-state index >= 15 is 0 Å². The summed E-state index contributed by atoms with van der Waals surface area (Å²) >= 11 is 0. The molecule has 1 fully saturated rings. The fourth-order valence-electron chi connectivity index (χ4n) is 4.29. The molecule has 1 saturated heterocycles. The average molecular weight is 588 g/mol. The Hall–Kier alpha value is -4.39. The Balaban J connectivity index is 0.00000221. The standard InChI is InChI=1S/C32H37N3O4.2C2H6/c1-4-27-12-5-6-13-28(27)14-7-8-17-31(36)34-24(2)22-33-25(3)35-19-10-11-26(18-20-35)23-39-30-16-9-15-29(21-30)32(37)38;2*1-2/h4-9,12-16,21-22,26H,2-3,10-11,17-20,23H2,1H3,(H,34,36)(H,37,38);2*1-2H3/b8-7+,27-4-,28-14-,33-22-;;. The topological polar surface area (TPSA) is 91.2 Å². The SMILES string of the molecule is C=C(/C=N\C(=C)N1CCCC(COc2cccc(C(=O)O)c2)CC1)NC(=O)C/C=C/C=c1/cccc/c1=C/C.CC.CC. The van der Waals surface area contributed by atoms with Gasteiger partial charge in [-0.15, -0.1) is 0 Å². The minimum Gasteiger partial charge on any atom is -0.493 e. The number of carbonyl (C=O) groups excluding carboxylic acids is 1. The van der Waals surface area contributed by atoms with Crippen molar-refractivity contribution in [2.45, 2.75) is 60.3 Å². The zero-order valence-corrected chi connectivity index (χ0v) is 26.5. The third kappa shape index (κ3) is 13.9. The number of carboxylic acid groups (broad SMARTS) is 1. The smallest absolute Gasteiger partial charge is 0.335 e. The van der Waals surface area contributed by atoms with Crippen LogP contribution in [0.25, 0.3) is 12.2 Å². The number of rotatable bonds is 11. The Morgan fingerprint density at radius 1 is 1.05 bits per heavy atom. The molecule has 1 amide bonds. The molecule has 0 aliphatic carbocycles. The Bertz CT molecular complexity index is 1360. The summed E-state index contributed by atoms with van der Waals surface area (Å²) in [6.45, 7) is 20.1. The second kappa shape index (κ2) is 21.3. The maximum absolute atomic E-state index is 12.3. The Kier molecular flexibility index (Phi) is 18.2. The lowest BCUT2D eigenvalue weighted by Gasteiger charge is -2.22. The number of likely N-dealkylation sites (tertiary alicyclic amines) is 1. The molecule has 0 bridgehead atoms. The molecule has 1 unspecified atom stereocenters. The Labute approximate surface area is 257 Å². The maximum Gasteiger partial charge on any atom is 0.335 e. The van der Waals surface area contributed by atoms with Crippen molar-refractivity contribution in [1.82, 2.24) is 10.2 Å². The minimum absolute atomic E-state index is 0.163. The van der Waals surface area contributed by atoms with E-state index in [1.54, 1.807) is 24.3 Å². The lowest BCUT2D eigenvalue weighted by molar-refractivity contribution is -0.119. The van der Waals surface area contributed by atoms with Gasteiger partial charge in [-0.2, -0.15) is 0 Å². The molecule has 2 aromatic rings. The van der Waals surface area contributed by atoms with E-state index in [-0.39, 0.29) is 17.9 Å². The van der Waals surface area contributed by atoms with Gasteiger partial charge in [0.1, 0.15) is 11.6 Å². The van der Waals surface area contributed by atoms with Crippen molar-refractivity contribution in [2.75, 3.05) is 19.7 Å². The summed E-state index contributed by atoms with van der Waals surface area (Å²) in [6.07, 6.45) is 12.4. The van der Waals surface area contributed by atoms with Crippen LogP contribution in [0.3, 0.4) is 0 Å². The van der Waals surface area contributed by atoms with E-state index in [9.17, 15) is 9.59 Å². The second-order valence-corrected chi connectivity index (χ2v) is 9.39. The predicted octanol–water partition coefficient (Wildman–Crippen LogP) is 6.32. The molecule has 2 aromatic carbocycles. The summed E-state index contributed by atoms with van der Waals surface area (Å²) in [4.78, 5) is 30.0. The first-order valence-electron chi connectivity index (χ1n) is 15.2. The number of aliphatic imine (C=N–C) groups is 1. The summed E-state index contributed by atoms with van der Waals surface area (Å²) in [5.74, 6) is 0.421. The van der Waals surface area contributed by atoms with Gasteiger partial charge >= 0.3 is 5.97 Å². The molecule has 0 spiro atoms. The number of aromatic carboxylic acids is 1. The van der Waals surface area contributed by atoms with Crippen LogP contribution in [0.5, 0.6) is 5.75 Å². The van der Waals surface area contributed by atoms with Crippen molar-refractivity contribution < 1.29 is 19.4 Å². The number of nitrogens with one attached hydrogen (secondary N) is 1. The highest BCUT2D eigenvalue weighted by atomic mass is 16.5. The first-order chi connectivity index (χ1) is 20.9. The van der Waals surface area contributed by atoms with Gasteiger partial charge in [-0.3, -0.25) is 4.79 Å². The number of amides is 1. The van der Waals surface area contributed by atoms with Gasteiger partial charge in [0.05, 0.1) is 24.1 Å². The quantitative estimate of drug-likeness (QED) is 0.301. The van der Waals surface area contributed by atoms with Crippen LogP contribution in [-0.2, 0) is 4.79 Å². The number of hydrogen-bond donors (Lipinski definition) is 2. The van der Waals surface area contributed by atoms with E-state index in [4.69, 9.17) is 9.84 Å². The van der Waals surface area contributed by atoms with Crippen LogP contribution in [0.2, 0.25) is 0 Å². The van der Waals surface area contributed by atoms with Gasteiger partial charge in [0.15, 0.2) is 0 Å². The number of benzene rings is 2. The van der Waals surface area contributed by atoms with Gasteiger partial charge in [-0.25, -0.2) is 9.79 Å². The number of allylic oxidation sites excluding steroid dienone is 2. The average Bonchev–Trinajstić information content (AvgIpc) is 3.29. The van der Waals surface area contributed by atoms with Crippen LogP contribution in [-0.4, -0.2) is 47.8 Å². The molecule has 1 aliphatic heterocycles. The molecule has 232 valence electrons. The summed E-state index contributed by atoms with van der Waals surface area (Å²) in [6, 6.07) is 14.6. The second-order valence-electron chi connectivity index (χ2n) is 9.39. The van der Waals surface area contributed by atoms with Crippen molar-refractivity contribution in [2.24, 2.45) is 10.9 Å². The van der Waals surface area contributed by atoms with Crippen LogP contribution in [0.4, 0.5) is 0 Å². The van der Waals surface area contributed by atoms with Gasteiger partial charge in [-0.1, -0.05) is 95.5 Å². The summed E-state index contributed by atoms with van der Waals surface area (Å²) in [5.41, 5.74) is 0.628. The van der Waals surface area contributed by atoms with E-state index in [0.29, 0.717) is 29.8 Å². The monoisotopic (exact) mass is 587 g/mol. The number of nitrogens with zero attached hydrogens (tertiary/aromatic N) is 2. The van der Waals surface area contributed by atoms with E-state index in [2.05, 4.69) is 28.4 Å². The molecule has 43 heavy (non-hydrogen) atoms. The van der Waals surface area contributed by atoms with Crippen LogP contribution in [0, 0.1) is 5.92 Å². The fourth-order valence-corrected chi connectivity index (χ4v) is 4.29. The van der Waals surface area contributed by atoms with Gasteiger partial charge in [0.2, 0.25) is 5.91 Å². The summed E-state index contributed by atoms with van der Waals surface area (Å²) in [7, 11) is 0. The van der Waals surface area contributed by atoms with Gasteiger partial charge in [0.25, 0.3) is 0 Å². The Morgan fingerprint density at radius 3 is 2.47 bits per heavy atom. The summed E-state index contributed by atoms with van der Waals surface area (Å²) in [5, 5.41) is 14.2. The van der Waals surface area contributed by atoms with E-state index < -0.39 is 5.97 Å². The zero-order valence-electron chi connectivity index (χ0n) is 26.5. The third-order valence-corrected chi connectivity index (χ3v) is 6.47. The van der Waals surface area contributed by atoms with Crippen molar-refractivity contribution >= 4 is 30.2 Å². The van der Waals surface area contributed by atoms with E-state index in [0.717, 1.165) is 42.8 Å². The molecule has 7 nitrogen and oxygen atoms in total.